The molecule has 0 spiro atoms. The van der Waals surface area contributed by atoms with Crippen LogP contribution < -0.4 is 36.6 Å². The minimum atomic E-state index is -5.00. The van der Waals surface area contributed by atoms with Crippen molar-refractivity contribution in [1.29, 1.82) is 0 Å². The van der Waals surface area contributed by atoms with Crippen LogP contribution in [0.5, 0.6) is 0 Å². The maximum absolute atomic E-state index is 16.2. The number of carbonyl (C=O) groups excluding carboxylic acids is 7. The lowest BCUT2D eigenvalue weighted by Gasteiger charge is -2.44. The second-order valence-electron chi connectivity index (χ2n) is 19.7. The molecule has 19 nitrogen and oxygen atoms in total. The summed E-state index contributed by atoms with van der Waals surface area (Å²) in [5.74, 6) is -3.79. The lowest BCUT2D eigenvalue weighted by molar-refractivity contribution is -0.138. The number of unbranched alkanes of at least 4 members (excludes halogenated alkanes) is 4. The number of piperidine rings is 1. The van der Waals surface area contributed by atoms with Crippen molar-refractivity contribution in [2.45, 2.75) is 95.9 Å². The van der Waals surface area contributed by atoms with Crippen molar-refractivity contribution >= 4 is 64.2 Å². The van der Waals surface area contributed by atoms with Crippen LogP contribution in [0.15, 0.2) is 65.7 Å². The van der Waals surface area contributed by atoms with Gasteiger partial charge in [0.1, 0.15) is 17.7 Å². The van der Waals surface area contributed by atoms with E-state index in [0.717, 1.165) is 37.0 Å². The Kier molecular flexibility index (Phi) is 16.8. The lowest BCUT2D eigenvalue weighted by Crippen LogP contribution is -2.55. The summed E-state index contributed by atoms with van der Waals surface area (Å²) < 4.78 is 58.0. The number of hydrogen-bond acceptors (Lipinski definition) is 13. The quantitative estimate of drug-likeness (QED) is 0.0480. The molecular formula is C53H61F4N11O8. The minimum absolute atomic E-state index is 0.0280. The first-order valence-corrected chi connectivity index (χ1v) is 25.5. The molecule has 0 radical (unpaired) electrons. The molecule has 4 aromatic rings. The fourth-order valence-electron chi connectivity index (χ4n) is 10.1. The number of carbonyl (C=O) groups is 7. The van der Waals surface area contributed by atoms with E-state index in [1.54, 1.807) is 35.2 Å². The number of piperazine rings is 2. The molecule has 7 amide bonds. The number of alkyl halides is 3. The highest BCUT2D eigenvalue weighted by Gasteiger charge is 2.46. The Morgan fingerprint density at radius 3 is 2.20 bits per heavy atom. The maximum atomic E-state index is 16.2. The van der Waals surface area contributed by atoms with Gasteiger partial charge < -0.3 is 35.6 Å². The summed E-state index contributed by atoms with van der Waals surface area (Å²) in [4.78, 5) is 117. The predicted octanol–water partition coefficient (Wildman–Crippen LogP) is 5.38. The largest absolute Gasteiger partial charge is 0.417 e. The molecule has 2 aromatic carbocycles. The lowest BCUT2D eigenvalue weighted by atomic mass is 10.0. The average molecular weight is 1060 g/mol. The van der Waals surface area contributed by atoms with E-state index in [9.17, 15) is 51.5 Å². The molecule has 6 heterocycles. The monoisotopic (exact) mass is 1060 g/mol. The van der Waals surface area contributed by atoms with Crippen molar-refractivity contribution in [2.75, 3.05) is 79.8 Å². The number of rotatable bonds is 18. The highest BCUT2D eigenvalue weighted by Crippen LogP contribution is 2.38. The number of anilines is 4. The number of halogens is 4. The van der Waals surface area contributed by atoms with Gasteiger partial charge in [-0.3, -0.25) is 53.5 Å². The molecule has 8 rings (SSSR count). The molecule has 3 fully saturated rings. The summed E-state index contributed by atoms with van der Waals surface area (Å²) in [7, 11) is 1.96. The summed E-state index contributed by atoms with van der Waals surface area (Å²) in [6.45, 7) is 7.58. The van der Waals surface area contributed by atoms with E-state index in [-0.39, 0.29) is 77.6 Å². The van der Waals surface area contributed by atoms with Crippen molar-refractivity contribution < 1.29 is 51.1 Å². The van der Waals surface area contributed by atoms with Gasteiger partial charge in [-0.2, -0.15) is 13.2 Å². The number of benzene rings is 2. The minimum Gasteiger partial charge on any atom is -0.384 e. The molecule has 0 aliphatic carbocycles. The molecule has 76 heavy (non-hydrogen) atoms. The smallest absolute Gasteiger partial charge is 0.384 e. The van der Waals surface area contributed by atoms with Crippen LogP contribution in [-0.2, 0) is 25.4 Å². The predicted molar refractivity (Wildman–Crippen MR) is 274 cm³/mol. The number of amides is 7. The first-order valence-electron chi connectivity index (χ1n) is 25.5. The van der Waals surface area contributed by atoms with E-state index < -0.39 is 64.3 Å². The topological polar surface area (TPSA) is 230 Å². The van der Waals surface area contributed by atoms with Gasteiger partial charge in [0.15, 0.2) is 0 Å². The molecule has 3 atom stereocenters. The van der Waals surface area contributed by atoms with Crippen molar-refractivity contribution in [1.82, 2.24) is 35.3 Å². The number of H-pyrrole nitrogens is 1. The van der Waals surface area contributed by atoms with Gasteiger partial charge >= 0.3 is 6.18 Å². The van der Waals surface area contributed by atoms with Crippen molar-refractivity contribution in [3.8, 4) is 11.1 Å². The van der Waals surface area contributed by atoms with Gasteiger partial charge in [0.25, 0.3) is 17.7 Å². The van der Waals surface area contributed by atoms with Gasteiger partial charge in [-0.1, -0.05) is 25.3 Å². The SMILES string of the molecule is C[C@@H]1CN(c2cc(F)c(-c3ccc(N4CCN(C(=O)CCC(=O)NCCCCCCCNc5cccc6c5C(=O)N(C5CCC(=O)NC5=O)C6=O)CC4)nc3)cc2NC(=O)c2c[nH]c(=O)cc2C(F)(F)F)C[C@H](C)N1C. The number of nitrogens with zero attached hydrogens (tertiary/aromatic N) is 6. The Morgan fingerprint density at radius 1 is 0.803 bits per heavy atom. The number of pyridine rings is 2. The Morgan fingerprint density at radius 2 is 1.51 bits per heavy atom. The number of hydrogen-bond donors (Lipinski definition) is 5. The van der Waals surface area contributed by atoms with Gasteiger partial charge in [-0.15, -0.1) is 0 Å². The number of fused-ring (bicyclic) bond motifs is 1. The summed E-state index contributed by atoms with van der Waals surface area (Å²) >= 11 is 0. The van der Waals surface area contributed by atoms with Crippen molar-refractivity contribution in [3.63, 3.8) is 0 Å². The molecule has 0 saturated carbocycles. The third kappa shape index (κ3) is 12.4. The van der Waals surface area contributed by atoms with E-state index in [2.05, 4.69) is 36.1 Å². The standard InChI is InChI=1S/C53H61F4N11O8/c1-31-29-67(30-32(2)64(31)3)42-26-38(54)35(24-40(42)62-49(73)36-28-61-46(71)25-37(36)53(55,56)57)33-12-14-43(60-27-33)65-20-22-66(23-21-65)47(72)17-16-44(69)59-19-8-6-4-5-7-18-58-39-11-9-10-34-48(39)52(76)68(51(34)75)41-13-15-45(70)63-50(41)74/h9-12,14,24-28,31-32,41,58H,4-8,13,15-23,29-30H2,1-3H3,(H,59,69)(H,61,71)(H,62,73)(H,63,70,74)/t31-,32+,41?. The molecular weight excluding hydrogens is 995 g/mol. The van der Waals surface area contributed by atoms with Crippen LogP contribution in [0, 0.1) is 5.82 Å². The fraction of sp³-hybridized carbons (Fsp3) is 0.453. The first kappa shape index (κ1) is 54.6. The van der Waals surface area contributed by atoms with Crippen molar-refractivity contribution in [3.05, 3.63) is 99.3 Å². The van der Waals surface area contributed by atoms with Crippen molar-refractivity contribution in [2.24, 2.45) is 0 Å². The Hall–Kier alpha value is -7.69. The van der Waals surface area contributed by atoms with E-state index in [0.29, 0.717) is 81.7 Å². The molecule has 4 aliphatic rings. The second-order valence-corrected chi connectivity index (χ2v) is 19.7. The normalized spacial score (nSPS) is 19.2. The molecule has 404 valence electrons. The van der Waals surface area contributed by atoms with Crippen LogP contribution in [0.25, 0.3) is 11.1 Å². The zero-order chi connectivity index (χ0) is 54.4. The van der Waals surface area contributed by atoms with Gasteiger partial charge in [0.2, 0.25) is 29.2 Å². The van der Waals surface area contributed by atoms with Gasteiger partial charge in [-0.05, 0) is 76.6 Å². The Bertz CT molecular complexity index is 2930. The highest BCUT2D eigenvalue weighted by atomic mass is 19.4. The fourth-order valence-corrected chi connectivity index (χ4v) is 10.1. The zero-order valence-corrected chi connectivity index (χ0v) is 42.5. The molecule has 3 saturated heterocycles. The molecule has 1 unspecified atom stereocenters. The number of aromatic amines is 1. The van der Waals surface area contributed by atoms with Gasteiger partial charge in [-0.25, -0.2) is 9.37 Å². The van der Waals surface area contributed by atoms with Crippen LogP contribution in [0.3, 0.4) is 0 Å². The van der Waals surface area contributed by atoms with Crippen LogP contribution in [-0.4, -0.2) is 144 Å². The second kappa shape index (κ2) is 23.5. The molecule has 0 bridgehead atoms. The number of aromatic nitrogens is 2. The summed E-state index contributed by atoms with van der Waals surface area (Å²) in [6, 6.07) is 10.3. The van der Waals surface area contributed by atoms with E-state index in [4.69, 9.17) is 0 Å². The van der Waals surface area contributed by atoms with Crippen LogP contribution >= 0.6 is 0 Å². The van der Waals surface area contributed by atoms with Crippen LogP contribution in [0.4, 0.5) is 40.4 Å². The summed E-state index contributed by atoms with van der Waals surface area (Å²) in [5, 5.41) is 10.9. The third-order valence-corrected chi connectivity index (χ3v) is 14.5. The van der Waals surface area contributed by atoms with Gasteiger partial charge in [0, 0.05) is 119 Å². The van der Waals surface area contributed by atoms with Crippen LogP contribution in [0.2, 0.25) is 0 Å². The summed E-state index contributed by atoms with van der Waals surface area (Å²) in [5.41, 5.74) is -1.55. The number of nitrogens with one attached hydrogen (secondary N) is 5. The zero-order valence-electron chi connectivity index (χ0n) is 42.5. The van der Waals surface area contributed by atoms with Crippen LogP contribution in [0.1, 0.15) is 108 Å². The number of likely N-dealkylation sites (N-methyl/N-ethyl adjacent to an activating group) is 1. The maximum Gasteiger partial charge on any atom is 0.417 e. The van der Waals surface area contributed by atoms with E-state index >= 15 is 4.39 Å². The third-order valence-electron chi connectivity index (χ3n) is 14.5. The van der Waals surface area contributed by atoms with Gasteiger partial charge in [0.05, 0.1) is 33.6 Å². The first-order chi connectivity index (χ1) is 36.3. The molecule has 2 aromatic heterocycles. The Balaban J connectivity index is 0.761. The Labute approximate surface area is 435 Å². The summed E-state index contributed by atoms with van der Waals surface area (Å²) in [6.07, 6.45) is 1.61. The molecule has 5 N–H and O–H groups in total. The van der Waals surface area contributed by atoms with E-state index in [1.807, 2.05) is 30.7 Å². The molecule has 4 aliphatic heterocycles. The van der Waals surface area contributed by atoms with E-state index in [1.165, 1.54) is 18.3 Å². The molecule has 23 heteroatoms. The number of imide groups is 2. The average Bonchev–Trinajstić information content (AvgIpc) is 3.65. The highest BCUT2D eigenvalue weighted by molar-refractivity contribution is 6.25.